The summed E-state index contributed by atoms with van der Waals surface area (Å²) in [7, 11) is 1.28. The monoisotopic (exact) mass is 440 g/mol. The zero-order chi connectivity index (χ0) is 23.0. The Labute approximate surface area is 180 Å². The molecule has 162 valence electrons. The predicted molar refractivity (Wildman–Crippen MR) is 108 cm³/mol. The van der Waals surface area contributed by atoms with Crippen LogP contribution < -0.4 is 9.64 Å². The molecule has 32 heavy (non-hydrogen) atoms. The van der Waals surface area contributed by atoms with Crippen LogP contribution in [0.15, 0.2) is 66.5 Å². The number of rotatable bonds is 4. The lowest BCUT2D eigenvalue weighted by molar-refractivity contribution is -0.132. The third-order valence-electron chi connectivity index (χ3n) is 5.05. The predicted octanol–water partition coefficient (Wildman–Crippen LogP) is 4.13. The van der Waals surface area contributed by atoms with Crippen molar-refractivity contribution in [3.63, 3.8) is 0 Å². The van der Waals surface area contributed by atoms with E-state index in [4.69, 9.17) is 4.74 Å². The van der Waals surface area contributed by atoms with Gasteiger partial charge in [-0.1, -0.05) is 0 Å². The molecule has 1 N–H and O–H groups in total. The van der Waals surface area contributed by atoms with Gasteiger partial charge in [-0.25, -0.2) is 13.2 Å². The first-order valence-electron chi connectivity index (χ1n) is 9.33. The fourth-order valence-electron chi connectivity index (χ4n) is 3.62. The van der Waals surface area contributed by atoms with Gasteiger partial charge in [0.2, 0.25) is 0 Å². The first kappa shape index (κ1) is 21.1. The standard InChI is InChI=1S/C23H15F3N2O4/c1-32-18-5-3-13(24)10-15(18)21(29)19-20(12-6-8-27-9-7-12)28(23(31)22(19)30)17-11-14(25)2-4-16(17)26/h2-11,20,29H,1H3/b21-19+. The van der Waals surface area contributed by atoms with Crippen LogP contribution in [0.2, 0.25) is 0 Å². The molecule has 1 unspecified atom stereocenters. The minimum atomic E-state index is -1.33. The second kappa shape index (κ2) is 8.18. The summed E-state index contributed by atoms with van der Waals surface area (Å²) >= 11 is 0. The van der Waals surface area contributed by atoms with Gasteiger partial charge in [0.05, 0.1) is 30.0 Å². The van der Waals surface area contributed by atoms with Gasteiger partial charge in [0.15, 0.2) is 0 Å². The van der Waals surface area contributed by atoms with E-state index in [2.05, 4.69) is 4.98 Å². The summed E-state index contributed by atoms with van der Waals surface area (Å²) in [6.07, 6.45) is 2.75. The largest absolute Gasteiger partial charge is 0.507 e. The third kappa shape index (κ3) is 3.47. The van der Waals surface area contributed by atoms with Gasteiger partial charge < -0.3 is 9.84 Å². The summed E-state index contributed by atoms with van der Waals surface area (Å²) in [6, 6.07) is 7.32. The molecule has 0 spiro atoms. The second-order valence-electron chi connectivity index (χ2n) is 6.89. The smallest absolute Gasteiger partial charge is 0.300 e. The number of hydrogen-bond donors (Lipinski definition) is 1. The number of nitrogens with zero attached hydrogens (tertiary/aromatic N) is 2. The Morgan fingerprint density at radius 2 is 1.66 bits per heavy atom. The molecule has 1 aliphatic heterocycles. The molecule has 3 aromatic rings. The number of halogens is 3. The highest BCUT2D eigenvalue weighted by molar-refractivity contribution is 6.51. The van der Waals surface area contributed by atoms with Crippen molar-refractivity contribution in [2.75, 3.05) is 12.0 Å². The molecule has 2 heterocycles. The van der Waals surface area contributed by atoms with E-state index < -0.39 is 52.2 Å². The molecule has 1 aliphatic rings. The van der Waals surface area contributed by atoms with Crippen molar-refractivity contribution in [3.05, 3.63) is 95.1 Å². The molecule has 0 bridgehead atoms. The van der Waals surface area contributed by atoms with Crippen LogP contribution in [-0.4, -0.2) is 28.9 Å². The van der Waals surface area contributed by atoms with Crippen molar-refractivity contribution >= 4 is 23.1 Å². The van der Waals surface area contributed by atoms with Crippen LogP contribution in [0.1, 0.15) is 17.2 Å². The summed E-state index contributed by atoms with van der Waals surface area (Å²) in [6.45, 7) is 0. The summed E-state index contributed by atoms with van der Waals surface area (Å²) in [5.74, 6) is -5.52. The first-order valence-corrected chi connectivity index (χ1v) is 9.33. The molecule has 1 atom stereocenters. The van der Waals surface area contributed by atoms with Crippen molar-refractivity contribution < 1.29 is 32.6 Å². The minimum absolute atomic E-state index is 0.0421. The average molecular weight is 440 g/mol. The number of benzene rings is 2. The van der Waals surface area contributed by atoms with Gasteiger partial charge in [-0.15, -0.1) is 0 Å². The lowest BCUT2D eigenvalue weighted by Gasteiger charge is -2.25. The zero-order valence-electron chi connectivity index (χ0n) is 16.6. The molecule has 0 saturated carbocycles. The average Bonchev–Trinajstić information content (AvgIpc) is 3.06. The van der Waals surface area contributed by atoms with Gasteiger partial charge in [0.1, 0.15) is 29.0 Å². The molecule has 0 aliphatic carbocycles. The van der Waals surface area contributed by atoms with Crippen LogP contribution in [0, 0.1) is 17.5 Å². The molecule has 1 saturated heterocycles. The number of aromatic nitrogens is 1. The van der Waals surface area contributed by atoms with Crippen LogP contribution >= 0.6 is 0 Å². The topological polar surface area (TPSA) is 79.7 Å². The Kier molecular flexibility index (Phi) is 5.40. The van der Waals surface area contributed by atoms with Gasteiger partial charge in [0, 0.05) is 18.5 Å². The molecule has 6 nitrogen and oxygen atoms in total. The number of carbonyl (C=O) groups excluding carboxylic acids is 2. The molecule has 1 aromatic heterocycles. The number of amides is 1. The molecule has 4 rings (SSSR count). The van der Waals surface area contributed by atoms with E-state index in [0.29, 0.717) is 5.56 Å². The summed E-state index contributed by atoms with van der Waals surface area (Å²) in [5.41, 5.74) is -0.808. The normalized spacial score (nSPS) is 17.6. The number of hydrogen-bond acceptors (Lipinski definition) is 5. The number of aliphatic hydroxyl groups excluding tert-OH is 1. The molecule has 0 radical (unpaired) electrons. The third-order valence-corrected chi connectivity index (χ3v) is 5.05. The van der Waals surface area contributed by atoms with Gasteiger partial charge >= 0.3 is 0 Å². The van der Waals surface area contributed by atoms with Gasteiger partial charge in [-0.2, -0.15) is 0 Å². The lowest BCUT2D eigenvalue weighted by atomic mass is 9.95. The van der Waals surface area contributed by atoms with Gasteiger partial charge in [-0.05, 0) is 48.0 Å². The maximum Gasteiger partial charge on any atom is 0.300 e. The quantitative estimate of drug-likeness (QED) is 0.375. The van der Waals surface area contributed by atoms with E-state index >= 15 is 0 Å². The van der Waals surface area contributed by atoms with Crippen LogP contribution in [-0.2, 0) is 9.59 Å². The highest BCUT2D eigenvalue weighted by Crippen LogP contribution is 2.43. The van der Waals surface area contributed by atoms with Crippen molar-refractivity contribution in [2.45, 2.75) is 6.04 Å². The van der Waals surface area contributed by atoms with Crippen molar-refractivity contribution in [1.82, 2.24) is 4.98 Å². The van der Waals surface area contributed by atoms with E-state index in [0.717, 1.165) is 35.2 Å². The molecule has 1 fully saturated rings. The Bertz CT molecular complexity index is 1260. The van der Waals surface area contributed by atoms with Crippen LogP contribution in [0.5, 0.6) is 5.75 Å². The highest BCUT2D eigenvalue weighted by atomic mass is 19.1. The SMILES string of the molecule is COc1ccc(F)cc1/C(O)=C1\C(=O)C(=O)N(c2cc(F)ccc2F)C1c1ccncc1. The number of ether oxygens (including phenoxy) is 1. The summed E-state index contributed by atoms with van der Waals surface area (Å²) < 4.78 is 47.6. The molecular formula is C23H15F3N2O4. The number of carbonyl (C=O) groups is 2. The highest BCUT2D eigenvalue weighted by Gasteiger charge is 2.48. The Morgan fingerprint density at radius 3 is 2.34 bits per heavy atom. The Balaban J connectivity index is 2.01. The number of methoxy groups -OCH3 is 1. The van der Waals surface area contributed by atoms with Crippen molar-refractivity contribution in [1.29, 1.82) is 0 Å². The van der Waals surface area contributed by atoms with Crippen molar-refractivity contribution in [3.8, 4) is 5.75 Å². The molecule has 2 aromatic carbocycles. The van der Waals surface area contributed by atoms with E-state index in [-0.39, 0.29) is 11.3 Å². The maximum atomic E-state index is 14.6. The molecule has 1 amide bonds. The molecular weight excluding hydrogens is 425 g/mol. The Morgan fingerprint density at radius 1 is 1.00 bits per heavy atom. The van der Waals surface area contributed by atoms with Crippen molar-refractivity contribution in [2.24, 2.45) is 0 Å². The van der Waals surface area contributed by atoms with Crippen LogP contribution in [0.3, 0.4) is 0 Å². The fraction of sp³-hybridized carbons (Fsp3) is 0.0870. The van der Waals surface area contributed by atoms with E-state index in [1.54, 1.807) is 0 Å². The van der Waals surface area contributed by atoms with E-state index in [1.807, 2.05) is 0 Å². The number of anilines is 1. The minimum Gasteiger partial charge on any atom is -0.507 e. The second-order valence-corrected chi connectivity index (χ2v) is 6.89. The Hall–Kier alpha value is -4.14. The summed E-state index contributed by atoms with van der Waals surface area (Å²) in [4.78, 5) is 30.6. The zero-order valence-corrected chi connectivity index (χ0v) is 16.6. The number of pyridine rings is 1. The summed E-state index contributed by atoms with van der Waals surface area (Å²) in [5, 5.41) is 11.0. The van der Waals surface area contributed by atoms with Gasteiger partial charge in [0.25, 0.3) is 11.7 Å². The van der Waals surface area contributed by atoms with Gasteiger partial charge in [-0.3, -0.25) is 19.5 Å². The number of Topliss-reactive ketones (excluding diaryl/α,β-unsaturated/α-hetero) is 1. The fourth-order valence-corrected chi connectivity index (χ4v) is 3.62. The van der Waals surface area contributed by atoms with Crippen LogP contribution in [0.25, 0.3) is 5.76 Å². The first-order chi connectivity index (χ1) is 15.3. The molecule has 9 heteroatoms. The number of aliphatic hydroxyl groups is 1. The lowest BCUT2D eigenvalue weighted by Crippen LogP contribution is -2.30. The van der Waals surface area contributed by atoms with Crippen LogP contribution in [0.4, 0.5) is 18.9 Å². The number of ketones is 1. The van der Waals surface area contributed by atoms with E-state index in [1.165, 1.54) is 37.7 Å². The van der Waals surface area contributed by atoms with E-state index in [9.17, 15) is 27.9 Å². The maximum absolute atomic E-state index is 14.6.